The monoisotopic (exact) mass is 81.0 g/mol. The lowest BCUT2D eigenvalue weighted by atomic mass is 10.8. The topological polar surface area (TPSA) is 0 Å². The van der Waals surface area contributed by atoms with Crippen molar-refractivity contribution in [2.75, 3.05) is 0 Å². The van der Waals surface area contributed by atoms with E-state index in [-0.39, 0.29) is 8.41 Å². The predicted molar refractivity (Wildman–Crippen MR) is 16.3 cm³/mol. The highest BCUT2D eigenvalue weighted by Crippen LogP contribution is 2.07. The second-order valence-corrected chi connectivity index (χ2v) is 0.214. The van der Waals surface area contributed by atoms with E-state index >= 15 is 0 Å². The van der Waals surface area contributed by atoms with Crippen molar-refractivity contribution in [3.8, 4) is 0 Å². The summed E-state index contributed by atoms with van der Waals surface area (Å²) in [6, 6.07) is 0. The zero-order valence-corrected chi connectivity index (χ0v) is 2.83. The quantitative estimate of drug-likeness (QED) is 0.302. The van der Waals surface area contributed by atoms with Gasteiger partial charge in [0.2, 0.25) is 0 Å². The minimum atomic E-state index is -1.92. The molecular formula is HBF2P. The van der Waals surface area contributed by atoms with E-state index in [1.807, 2.05) is 0 Å². The molecule has 0 unspecified atom stereocenters. The third-order valence-electron chi connectivity index (χ3n) is 0. The minimum Gasteiger partial charge on any atom is -0.192 e. The van der Waals surface area contributed by atoms with Gasteiger partial charge in [0, 0.05) is 8.41 Å². The summed E-state index contributed by atoms with van der Waals surface area (Å²) in [7, 11) is -1.92. The van der Waals surface area contributed by atoms with Gasteiger partial charge in [-0.1, -0.05) is 0 Å². The van der Waals surface area contributed by atoms with Crippen LogP contribution in [0, 0.1) is 0 Å². The van der Waals surface area contributed by atoms with Crippen LogP contribution >= 0.6 is 9.20 Å². The Kier molecular flexibility index (Phi) is 22.4. The van der Waals surface area contributed by atoms with Crippen molar-refractivity contribution < 1.29 is 8.39 Å². The normalized spacial score (nSPS) is 4.50. The van der Waals surface area contributed by atoms with Crippen molar-refractivity contribution >= 4 is 17.6 Å². The molecule has 0 aromatic rings. The smallest absolute Gasteiger partial charge is 0.192 e. The van der Waals surface area contributed by atoms with Crippen molar-refractivity contribution in [3.63, 3.8) is 0 Å². The van der Waals surface area contributed by atoms with Gasteiger partial charge >= 0.3 is 0 Å². The lowest BCUT2D eigenvalue weighted by Gasteiger charge is -1.40. The Labute approximate surface area is 27.2 Å². The summed E-state index contributed by atoms with van der Waals surface area (Å²) in [5.41, 5.74) is 0. The zero-order valence-electron chi connectivity index (χ0n) is 1.83. The molecule has 0 spiro atoms. The van der Waals surface area contributed by atoms with E-state index in [1.54, 1.807) is 0 Å². The second kappa shape index (κ2) is 10.1. The third-order valence-corrected chi connectivity index (χ3v) is 0. The van der Waals surface area contributed by atoms with Gasteiger partial charge in [-0.15, -0.1) is 0 Å². The molecule has 0 heterocycles. The maximum Gasteiger partial charge on any atom is 0.253 e. The highest BCUT2D eigenvalue weighted by Gasteiger charge is 1.46. The largest absolute Gasteiger partial charge is 0.253 e. The molecule has 0 aliphatic carbocycles. The minimum absolute atomic E-state index is 0. The number of hydrogen-bond donors (Lipinski definition) is 0. The molecule has 0 bridgehead atoms. The summed E-state index contributed by atoms with van der Waals surface area (Å²) >= 11 is 0. The molecule has 0 saturated heterocycles. The molecule has 0 atom stereocenters. The highest BCUT2D eigenvalue weighted by molar-refractivity contribution is 7.25. The van der Waals surface area contributed by atoms with Crippen LogP contribution in [-0.2, 0) is 0 Å². The summed E-state index contributed by atoms with van der Waals surface area (Å²) in [5, 5.41) is 0. The van der Waals surface area contributed by atoms with Gasteiger partial charge in [0.25, 0.3) is 9.20 Å². The van der Waals surface area contributed by atoms with Gasteiger partial charge in [-0.3, -0.25) is 0 Å². The molecule has 0 aliphatic heterocycles. The summed E-state index contributed by atoms with van der Waals surface area (Å²) < 4.78 is 19.3. The number of hydrogen-bond acceptors (Lipinski definition) is 0. The van der Waals surface area contributed by atoms with Crippen LogP contribution in [0.3, 0.4) is 0 Å². The Hall–Kier alpha value is 0.355. The van der Waals surface area contributed by atoms with E-state index in [0.29, 0.717) is 0 Å². The van der Waals surface area contributed by atoms with Crippen LogP contribution in [0.5, 0.6) is 0 Å². The van der Waals surface area contributed by atoms with Gasteiger partial charge in [-0.05, 0) is 0 Å². The Morgan fingerprint density at radius 3 is 1.25 bits per heavy atom. The Morgan fingerprint density at radius 2 is 1.25 bits per heavy atom. The Morgan fingerprint density at radius 1 is 1.25 bits per heavy atom. The molecule has 0 saturated carbocycles. The van der Waals surface area contributed by atoms with Gasteiger partial charge in [0.15, 0.2) is 0 Å². The second-order valence-electron chi connectivity index (χ2n) is 0.0714. The van der Waals surface area contributed by atoms with Crippen LogP contribution in [0.15, 0.2) is 0 Å². The molecule has 23 valence electrons. The van der Waals surface area contributed by atoms with E-state index < -0.39 is 9.20 Å². The number of halogens is 2. The van der Waals surface area contributed by atoms with Gasteiger partial charge in [0.05, 0.1) is 0 Å². The molecule has 0 fully saturated rings. The molecule has 3 radical (unpaired) electrons. The molecule has 0 rings (SSSR count). The standard InChI is InChI=1S/B.F2HP/c;1-3-2/h;3H. The average molecular weight is 80.8 g/mol. The SMILES string of the molecule is FPF.[B]. The lowest BCUT2D eigenvalue weighted by molar-refractivity contribution is 0.783. The van der Waals surface area contributed by atoms with Crippen molar-refractivity contribution in [1.29, 1.82) is 0 Å². The first-order chi connectivity index (χ1) is 1.41. The molecule has 0 aromatic carbocycles. The maximum atomic E-state index is 9.65. The molecular weight excluding hydrogens is 79.8 g/mol. The molecule has 4 heavy (non-hydrogen) atoms. The molecule has 0 nitrogen and oxygen atoms in total. The molecule has 0 aliphatic rings. The van der Waals surface area contributed by atoms with Crippen molar-refractivity contribution in [3.05, 3.63) is 0 Å². The van der Waals surface area contributed by atoms with Gasteiger partial charge < -0.3 is 0 Å². The third kappa shape index (κ3) is 34.3. The van der Waals surface area contributed by atoms with Crippen LogP contribution in [0.4, 0.5) is 8.39 Å². The van der Waals surface area contributed by atoms with E-state index in [9.17, 15) is 8.39 Å². The summed E-state index contributed by atoms with van der Waals surface area (Å²) in [5.74, 6) is 0. The predicted octanol–water partition coefficient (Wildman–Crippen LogP) is 1.05. The molecule has 0 aromatic heterocycles. The average Bonchev–Trinajstić information content (AvgIpc) is 0.918. The fourth-order valence-electron chi connectivity index (χ4n) is 0. The first kappa shape index (κ1) is 8.84. The molecule has 0 amide bonds. The first-order valence-corrected chi connectivity index (χ1v) is 1.13. The Balaban J connectivity index is 0. The molecule has 4 heteroatoms. The van der Waals surface area contributed by atoms with Crippen LogP contribution in [0.2, 0.25) is 0 Å². The fraction of sp³-hybridized carbons (Fsp3) is 0. The number of rotatable bonds is 0. The summed E-state index contributed by atoms with van der Waals surface area (Å²) in [6.45, 7) is 0. The summed E-state index contributed by atoms with van der Waals surface area (Å²) in [4.78, 5) is 0. The lowest BCUT2D eigenvalue weighted by Crippen LogP contribution is -0.790. The van der Waals surface area contributed by atoms with E-state index in [4.69, 9.17) is 0 Å². The van der Waals surface area contributed by atoms with Gasteiger partial charge in [0.1, 0.15) is 0 Å². The molecule has 0 N–H and O–H groups in total. The Bertz CT molecular complexity index is 6.00. The van der Waals surface area contributed by atoms with Gasteiger partial charge in [-0.25, -0.2) is 0 Å². The van der Waals surface area contributed by atoms with Crippen molar-refractivity contribution in [1.82, 2.24) is 0 Å². The first-order valence-electron chi connectivity index (χ1n) is 0.378. The van der Waals surface area contributed by atoms with Crippen molar-refractivity contribution in [2.45, 2.75) is 0 Å². The van der Waals surface area contributed by atoms with Crippen LogP contribution in [0.25, 0.3) is 0 Å². The van der Waals surface area contributed by atoms with Gasteiger partial charge in [-0.2, -0.15) is 8.39 Å². The van der Waals surface area contributed by atoms with Crippen LogP contribution in [-0.4, -0.2) is 8.41 Å². The fourth-order valence-corrected chi connectivity index (χ4v) is 0. The summed E-state index contributed by atoms with van der Waals surface area (Å²) in [6.07, 6.45) is 0. The zero-order chi connectivity index (χ0) is 2.71. The maximum absolute atomic E-state index is 9.65. The van der Waals surface area contributed by atoms with E-state index in [0.717, 1.165) is 0 Å². The van der Waals surface area contributed by atoms with Crippen molar-refractivity contribution in [2.24, 2.45) is 0 Å². The highest BCUT2D eigenvalue weighted by atomic mass is 31.1. The van der Waals surface area contributed by atoms with E-state index in [2.05, 4.69) is 0 Å². The van der Waals surface area contributed by atoms with E-state index in [1.165, 1.54) is 0 Å². The van der Waals surface area contributed by atoms with Crippen LogP contribution in [0.1, 0.15) is 0 Å². The van der Waals surface area contributed by atoms with Crippen LogP contribution < -0.4 is 0 Å².